The minimum atomic E-state index is 0.566. The van der Waals surface area contributed by atoms with Gasteiger partial charge in [0.2, 0.25) is 0 Å². The molecule has 0 amide bonds. The summed E-state index contributed by atoms with van der Waals surface area (Å²) in [5, 5.41) is 3.68. The van der Waals surface area contributed by atoms with E-state index in [1.165, 1.54) is 25.7 Å². The molecule has 1 aliphatic heterocycles. The van der Waals surface area contributed by atoms with Crippen LogP contribution in [0.4, 0.5) is 0 Å². The Morgan fingerprint density at radius 1 is 1.24 bits per heavy atom. The zero-order chi connectivity index (χ0) is 14.8. The SMILES string of the molecule is CCCNC(CCOc1ccccc1)CC1CCOCC1. The molecule has 1 atom stereocenters. The molecule has 3 nitrogen and oxygen atoms in total. The van der Waals surface area contributed by atoms with Crippen molar-refractivity contribution < 1.29 is 9.47 Å². The van der Waals surface area contributed by atoms with E-state index in [4.69, 9.17) is 9.47 Å². The highest BCUT2D eigenvalue weighted by molar-refractivity contribution is 5.20. The Morgan fingerprint density at radius 2 is 2.00 bits per heavy atom. The van der Waals surface area contributed by atoms with Gasteiger partial charge in [0.25, 0.3) is 0 Å². The summed E-state index contributed by atoms with van der Waals surface area (Å²) in [4.78, 5) is 0. The summed E-state index contributed by atoms with van der Waals surface area (Å²) in [5.74, 6) is 1.78. The zero-order valence-electron chi connectivity index (χ0n) is 13.2. The molecule has 0 bridgehead atoms. The molecule has 0 radical (unpaired) electrons. The molecule has 0 spiro atoms. The first-order valence-corrected chi connectivity index (χ1v) is 8.37. The lowest BCUT2D eigenvalue weighted by Gasteiger charge is -2.27. The molecular weight excluding hydrogens is 262 g/mol. The van der Waals surface area contributed by atoms with Gasteiger partial charge in [0.05, 0.1) is 6.61 Å². The van der Waals surface area contributed by atoms with E-state index >= 15 is 0 Å². The van der Waals surface area contributed by atoms with Crippen molar-refractivity contribution in [2.24, 2.45) is 5.92 Å². The van der Waals surface area contributed by atoms with Gasteiger partial charge in [-0.2, -0.15) is 0 Å². The molecule has 21 heavy (non-hydrogen) atoms. The molecule has 2 rings (SSSR count). The second kappa shape index (κ2) is 9.80. The number of hydrogen-bond acceptors (Lipinski definition) is 3. The average Bonchev–Trinajstić information content (AvgIpc) is 2.54. The molecule has 118 valence electrons. The fraction of sp³-hybridized carbons (Fsp3) is 0.667. The molecule has 1 fully saturated rings. The lowest BCUT2D eigenvalue weighted by Crippen LogP contribution is -2.34. The van der Waals surface area contributed by atoms with Gasteiger partial charge in [-0.15, -0.1) is 0 Å². The van der Waals surface area contributed by atoms with Crippen LogP contribution in [0.5, 0.6) is 5.75 Å². The fourth-order valence-electron chi connectivity index (χ4n) is 2.87. The van der Waals surface area contributed by atoms with Gasteiger partial charge < -0.3 is 14.8 Å². The summed E-state index contributed by atoms with van der Waals surface area (Å²) in [6.45, 7) is 5.98. The van der Waals surface area contributed by atoms with Crippen molar-refractivity contribution in [1.82, 2.24) is 5.32 Å². The van der Waals surface area contributed by atoms with Crippen molar-refractivity contribution in [3.8, 4) is 5.75 Å². The first kappa shape index (κ1) is 16.3. The fourth-order valence-corrected chi connectivity index (χ4v) is 2.87. The highest BCUT2D eigenvalue weighted by atomic mass is 16.5. The average molecular weight is 291 g/mol. The highest BCUT2D eigenvalue weighted by Gasteiger charge is 2.19. The van der Waals surface area contributed by atoms with Gasteiger partial charge in [0.15, 0.2) is 0 Å². The van der Waals surface area contributed by atoms with Crippen molar-refractivity contribution in [2.45, 2.75) is 45.1 Å². The minimum absolute atomic E-state index is 0.566. The smallest absolute Gasteiger partial charge is 0.119 e. The van der Waals surface area contributed by atoms with Crippen LogP contribution >= 0.6 is 0 Å². The largest absolute Gasteiger partial charge is 0.494 e. The van der Waals surface area contributed by atoms with Crippen LogP contribution in [-0.4, -0.2) is 32.4 Å². The van der Waals surface area contributed by atoms with Crippen molar-refractivity contribution >= 4 is 0 Å². The van der Waals surface area contributed by atoms with E-state index in [2.05, 4.69) is 12.2 Å². The van der Waals surface area contributed by atoms with E-state index in [1.807, 2.05) is 30.3 Å². The predicted molar refractivity (Wildman–Crippen MR) is 86.8 cm³/mol. The maximum Gasteiger partial charge on any atom is 0.119 e. The number of rotatable bonds is 9. The molecule has 3 heteroatoms. The summed E-state index contributed by atoms with van der Waals surface area (Å²) < 4.78 is 11.3. The third kappa shape index (κ3) is 6.49. The van der Waals surface area contributed by atoms with Crippen LogP contribution in [0.2, 0.25) is 0 Å². The maximum atomic E-state index is 5.84. The number of ether oxygens (including phenoxy) is 2. The summed E-state index contributed by atoms with van der Waals surface area (Å²) in [6.07, 6.45) is 5.94. The Labute approximate surface area is 129 Å². The van der Waals surface area contributed by atoms with Crippen LogP contribution in [0.25, 0.3) is 0 Å². The van der Waals surface area contributed by atoms with Crippen molar-refractivity contribution in [3.63, 3.8) is 0 Å². The standard InChI is InChI=1S/C18H29NO2/c1-2-11-19-17(15-16-8-12-20-13-9-16)10-14-21-18-6-4-3-5-7-18/h3-7,16-17,19H,2,8-15H2,1H3. The van der Waals surface area contributed by atoms with Gasteiger partial charge >= 0.3 is 0 Å². The third-order valence-corrected chi connectivity index (χ3v) is 4.12. The maximum absolute atomic E-state index is 5.84. The van der Waals surface area contributed by atoms with E-state index in [9.17, 15) is 0 Å². The number of nitrogens with one attached hydrogen (secondary N) is 1. The lowest BCUT2D eigenvalue weighted by atomic mass is 9.91. The minimum Gasteiger partial charge on any atom is -0.494 e. The molecule has 1 heterocycles. The molecule has 1 aromatic rings. The molecule has 1 aliphatic rings. The normalized spacial score (nSPS) is 17.6. The van der Waals surface area contributed by atoms with Gasteiger partial charge in [0.1, 0.15) is 5.75 Å². The predicted octanol–water partition coefficient (Wildman–Crippen LogP) is 3.64. The highest BCUT2D eigenvalue weighted by Crippen LogP contribution is 2.21. The van der Waals surface area contributed by atoms with Gasteiger partial charge in [-0.3, -0.25) is 0 Å². The topological polar surface area (TPSA) is 30.5 Å². The van der Waals surface area contributed by atoms with E-state index < -0.39 is 0 Å². The van der Waals surface area contributed by atoms with Crippen molar-refractivity contribution in [3.05, 3.63) is 30.3 Å². The third-order valence-electron chi connectivity index (χ3n) is 4.12. The molecular formula is C18H29NO2. The van der Waals surface area contributed by atoms with E-state index in [0.717, 1.165) is 44.5 Å². The Morgan fingerprint density at radius 3 is 2.71 bits per heavy atom. The summed E-state index contributed by atoms with van der Waals surface area (Å²) in [6, 6.07) is 10.7. The van der Waals surface area contributed by atoms with Crippen LogP contribution in [0.1, 0.15) is 39.0 Å². The molecule has 1 N–H and O–H groups in total. The van der Waals surface area contributed by atoms with Gasteiger partial charge in [-0.25, -0.2) is 0 Å². The van der Waals surface area contributed by atoms with Crippen LogP contribution in [0, 0.1) is 5.92 Å². The lowest BCUT2D eigenvalue weighted by molar-refractivity contribution is 0.0596. The number of para-hydroxylation sites is 1. The number of hydrogen-bond donors (Lipinski definition) is 1. The van der Waals surface area contributed by atoms with E-state index in [1.54, 1.807) is 0 Å². The monoisotopic (exact) mass is 291 g/mol. The van der Waals surface area contributed by atoms with Gasteiger partial charge in [-0.05, 0) is 56.7 Å². The quantitative estimate of drug-likeness (QED) is 0.753. The van der Waals surface area contributed by atoms with Crippen LogP contribution in [-0.2, 0) is 4.74 Å². The molecule has 0 aliphatic carbocycles. The van der Waals surface area contributed by atoms with E-state index in [-0.39, 0.29) is 0 Å². The first-order chi connectivity index (χ1) is 10.4. The summed E-state index contributed by atoms with van der Waals surface area (Å²) in [7, 11) is 0. The van der Waals surface area contributed by atoms with Crippen molar-refractivity contribution in [1.29, 1.82) is 0 Å². The van der Waals surface area contributed by atoms with Crippen LogP contribution < -0.4 is 10.1 Å². The Hall–Kier alpha value is -1.06. The number of benzene rings is 1. The van der Waals surface area contributed by atoms with Crippen molar-refractivity contribution in [2.75, 3.05) is 26.4 Å². The Bertz CT molecular complexity index is 363. The summed E-state index contributed by atoms with van der Waals surface area (Å²) >= 11 is 0. The van der Waals surface area contributed by atoms with Crippen LogP contribution in [0.3, 0.4) is 0 Å². The molecule has 1 unspecified atom stereocenters. The first-order valence-electron chi connectivity index (χ1n) is 8.37. The Kier molecular flexibility index (Phi) is 7.61. The second-order valence-electron chi connectivity index (χ2n) is 5.89. The summed E-state index contributed by atoms with van der Waals surface area (Å²) in [5.41, 5.74) is 0. The Balaban J connectivity index is 1.72. The van der Waals surface area contributed by atoms with Gasteiger partial charge in [-0.1, -0.05) is 25.1 Å². The van der Waals surface area contributed by atoms with Gasteiger partial charge in [0, 0.05) is 19.3 Å². The van der Waals surface area contributed by atoms with E-state index in [0.29, 0.717) is 6.04 Å². The molecule has 1 aromatic carbocycles. The molecule has 0 saturated carbocycles. The van der Waals surface area contributed by atoms with Crippen LogP contribution in [0.15, 0.2) is 30.3 Å². The zero-order valence-corrected chi connectivity index (χ0v) is 13.2. The molecule has 1 saturated heterocycles. The molecule has 0 aromatic heterocycles. The second-order valence-corrected chi connectivity index (χ2v) is 5.89.